The lowest BCUT2D eigenvalue weighted by atomic mass is 10.1. The Labute approximate surface area is 187 Å². The number of nitrogens with zero attached hydrogens (tertiary/aromatic N) is 1. The third-order valence-corrected chi connectivity index (χ3v) is 6.34. The minimum atomic E-state index is -0.597. The van der Waals surface area contributed by atoms with Crippen molar-refractivity contribution in [1.82, 2.24) is 10.2 Å². The molecule has 0 saturated heterocycles. The predicted octanol–water partition coefficient (Wildman–Crippen LogP) is 4.70. The van der Waals surface area contributed by atoms with E-state index in [9.17, 15) is 9.59 Å². The van der Waals surface area contributed by atoms with E-state index in [-0.39, 0.29) is 18.4 Å². The molecule has 2 aromatic rings. The maximum Gasteiger partial charge on any atom is 0.261 e. The van der Waals surface area contributed by atoms with Gasteiger partial charge in [0.1, 0.15) is 11.8 Å². The average Bonchev–Trinajstić information content (AvgIpc) is 2.72. The topological polar surface area (TPSA) is 58.6 Å². The van der Waals surface area contributed by atoms with Crippen LogP contribution in [0.1, 0.15) is 42.5 Å². The Bertz CT molecular complexity index is 875. The molecule has 2 aromatic carbocycles. The highest BCUT2D eigenvalue weighted by atomic mass is 79.9. The van der Waals surface area contributed by atoms with Crippen LogP contribution in [0, 0.1) is 20.8 Å². The second-order valence-corrected chi connectivity index (χ2v) is 8.37. The van der Waals surface area contributed by atoms with Crippen molar-refractivity contribution in [1.29, 1.82) is 0 Å². The molecule has 2 amide bonds. The molecule has 30 heavy (non-hydrogen) atoms. The van der Waals surface area contributed by atoms with Crippen LogP contribution in [0.5, 0.6) is 5.75 Å². The summed E-state index contributed by atoms with van der Waals surface area (Å²) in [6, 6.07) is 11.1. The summed E-state index contributed by atoms with van der Waals surface area (Å²) in [5, 5.41) is 2.88. The Hall–Kier alpha value is -2.34. The number of ether oxygens (including phenoxy) is 1. The summed E-state index contributed by atoms with van der Waals surface area (Å²) in [6.45, 7) is 10.5. The Morgan fingerprint density at radius 1 is 1.10 bits per heavy atom. The third kappa shape index (κ3) is 6.33. The zero-order chi connectivity index (χ0) is 22.3. The molecule has 0 aliphatic heterocycles. The molecule has 6 heteroatoms. The van der Waals surface area contributed by atoms with E-state index in [4.69, 9.17) is 4.74 Å². The molecule has 0 unspecified atom stereocenters. The van der Waals surface area contributed by atoms with E-state index < -0.39 is 6.04 Å². The Morgan fingerprint density at radius 3 is 2.33 bits per heavy atom. The van der Waals surface area contributed by atoms with E-state index in [2.05, 4.69) is 21.2 Å². The maximum atomic E-state index is 13.1. The zero-order valence-corrected chi connectivity index (χ0v) is 20.0. The minimum absolute atomic E-state index is 0.127. The molecule has 2 rings (SSSR count). The first kappa shape index (κ1) is 23.9. The molecule has 162 valence electrons. The fraction of sp³-hybridized carbons (Fsp3) is 0.417. The van der Waals surface area contributed by atoms with Gasteiger partial charge < -0.3 is 15.0 Å². The van der Waals surface area contributed by atoms with Crippen LogP contribution in [-0.4, -0.2) is 35.9 Å². The van der Waals surface area contributed by atoms with E-state index in [1.807, 2.05) is 64.1 Å². The van der Waals surface area contributed by atoms with E-state index in [1.165, 1.54) is 0 Å². The summed E-state index contributed by atoms with van der Waals surface area (Å²) in [7, 11) is 0. The Kier molecular flexibility index (Phi) is 8.90. The quantitative estimate of drug-likeness (QED) is 0.572. The van der Waals surface area contributed by atoms with E-state index in [0.717, 1.165) is 33.1 Å². The molecule has 0 radical (unpaired) electrons. The molecule has 0 saturated carbocycles. The number of halogens is 1. The summed E-state index contributed by atoms with van der Waals surface area (Å²) in [5.74, 6) is 0.255. The molecular formula is C24H31BrN2O3. The molecule has 0 fully saturated rings. The highest BCUT2D eigenvalue weighted by Gasteiger charge is 2.26. The van der Waals surface area contributed by atoms with Gasteiger partial charge in [-0.15, -0.1) is 0 Å². The number of benzene rings is 2. The van der Waals surface area contributed by atoms with Gasteiger partial charge in [0.25, 0.3) is 5.91 Å². The van der Waals surface area contributed by atoms with Gasteiger partial charge in [-0.05, 0) is 68.5 Å². The largest absolute Gasteiger partial charge is 0.484 e. The molecule has 0 bridgehead atoms. The molecule has 0 spiro atoms. The highest BCUT2D eigenvalue weighted by molar-refractivity contribution is 9.10. The molecule has 0 aliphatic carbocycles. The van der Waals surface area contributed by atoms with Gasteiger partial charge in [-0.3, -0.25) is 9.59 Å². The highest BCUT2D eigenvalue weighted by Crippen LogP contribution is 2.26. The number of carbonyl (C=O) groups excluding carboxylic acids is 2. The SMILES string of the molecule is CCCNC(=O)[C@@H](C)N(Cc1ccccc1C)C(=O)COc1cc(C)c(Br)c(C)c1. The standard InChI is InChI=1S/C24H31BrN2O3/c1-6-11-26-24(29)19(5)27(14-20-10-8-7-9-16(20)2)22(28)15-30-21-12-17(3)23(25)18(4)13-21/h7-10,12-13,19H,6,11,14-15H2,1-5H3,(H,26,29)/t19-/m1/s1. The van der Waals surface area contributed by atoms with Crippen LogP contribution in [0.4, 0.5) is 0 Å². The second-order valence-electron chi connectivity index (χ2n) is 7.57. The molecule has 0 aromatic heterocycles. The van der Waals surface area contributed by atoms with Crippen LogP contribution in [0.25, 0.3) is 0 Å². The van der Waals surface area contributed by atoms with Crippen LogP contribution in [0.3, 0.4) is 0 Å². The van der Waals surface area contributed by atoms with Crippen LogP contribution >= 0.6 is 15.9 Å². The average molecular weight is 475 g/mol. The lowest BCUT2D eigenvalue weighted by molar-refractivity contribution is -0.142. The summed E-state index contributed by atoms with van der Waals surface area (Å²) in [4.78, 5) is 27.3. The normalized spacial score (nSPS) is 11.7. The maximum absolute atomic E-state index is 13.1. The molecule has 1 atom stereocenters. The fourth-order valence-corrected chi connectivity index (χ4v) is 3.40. The Morgan fingerprint density at radius 2 is 1.73 bits per heavy atom. The van der Waals surface area contributed by atoms with Crippen LogP contribution in [0.15, 0.2) is 40.9 Å². The number of aryl methyl sites for hydroxylation is 3. The Balaban J connectivity index is 2.18. The summed E-state index contributed by atoms with van der Waals surface area (Å²) < 4.78 is 6.83. The predicted molar refractivity (Wildman–Crippen MR) is 124 cm³/mol. The molecule has 0 aliphatic rings. The second kappa shape index (κ2) is 11.2. The first-order valence-electron chi connectivity index (χ1n) is 10.3. The first-order valence-corrected chi connectivity index (χ1v) is 11.0. The van der Waals surface area contributed by atoms with Gasteiger partial charge in [0.15, 0.2) is 6.61 Å². The van der Waals surface area contributed by atoms with Crippen molar-refractivity contribution in [2.24, 2.45) is 0 Å². The number of amides is 2. The number of hydrogen-bond donors (Lipinski definition) is 1. The van der Waals surface area contributed by atoms with Crippen LogP contribution in [0.2, 0.25) is 0 Å². The van der Waals surface area contributed by atoms with Crippen LogP contribution < -0.4 is 10.1 Å². The van der Waals surface area contributed by atoms with Gasteiger partial charge in [0.05, 0.1) is 0 Å². The monoisotopic (exact) mass is 474 g/mol. The van der Waals surface area contributed by atoms with Gasteiger partial charge >= 0.3 is 0 Å². The fourth-order valence-electron chi connectivity index (χ4n) is 3.17. The number of hydrogen-bond acceptors (Lipinski definition) is 3. The lowest BCUT2D eigenvalue weighted by Gasteiger charge is -2.29. The summed E-state index contributed by atoms with van der Waals surface area (Å²) in [6.07, 6.45) is 0.843. The summed E-state index contributed by atoms with van der Waals surface area (Å²) >= 11 is 3.54. The van der Waals surface area contributed by atoms with Crippen molar-refractivity contribution < 1.29 is 14.3 Å². The van der Waals surface area contributed by atoms with Gasteiger partial charge in [0, 0.05) is 17.6 Å². The molecule has 1 N–H and O–H groups in total. The van der Waals surface area contributed by atoms with Crippen molar-refractivity contribution in [3.8, 4) is 5.75 Å². The van der Waals surface area contributed by atoms with Gasteiger partial charge in [-0.25, -0.2) is 0 Å². The molecule has 0 heterocycles. The van der Waals surface area contributed by atoms with Crippen molar-refractivity contribution in [2.75, 3.05) is 13.2 Å². The zero-order valence-electron chi connectivity index (χ0n) is 18.4. The van der Waals surface area contributed by atoms with E-state index in [0.29, 0.717) is 18.8 Å². The van der Waals surface area contributed by atoms with Gasteiger partial charge in [-0.1, -0.05) is 47.1 Å². The van der Waals surface area contributed by atoms with Gasteiger partial charge in [-0.2, -0.15) is 0 Å². The van der Waals surface area contributed by atoms with E-state index >= 15 is 0 Å². The lowest BCUT2D eigenvalue weighted by Crippen LogP contribution is -2.49. The first-order chi connectivity index (χ1) is 14.2. The van der Waals surface area contributed by atoms with Crippen molar-refractivity contribution >= 4 is 27.7 Å². The van der Waals surface area contributed by atoms with E-state index in [1.54, 1.807) is 11.8 Å². The number of nitrogens with one attached hydrogen (secondary N) is 1. The van der Waals surface area contributed by atoms with Crippen molar-refractivity contribution in [3.63, 3.8) is 0 Å². The number of rotatable bonds is 9. The third-order valence-electron chi connectivity index (χ3n) is 5.09. The van der Waals surface area contributed by atoms with Crippen molar-refractivity contribution in [3.05, 3.63) is 63.1 Å². The van der Waals surface area contributed by atoms with Gasteiger partial charge in [0.2, 0.25) is 5.91 Å². The smallest absolute Gasteiger partial charge is 0.261 e. The number of carbonyl (C=O) groups is 2. The minimum Gasteiger partial charge on any atom is -0.484 e. The summed E-state index contributed by atoms with van der Waals surface area (Å²) in [5.41, 5.74) is 4.18. The van der Waals surface area contributed by atoms with Crippen LogP contribution in [-0.2, 0) is 16.1 Å². The molecule has 5 nitrogen and oxygen atoms in total. The molecular weight excluding hydrogens is 444 g/mol. The van der Waals surface area contributed by atoms with Crippen molar-refractivity contribution in [2.45, 2.75) is 53.6 Å².